The van der Waals surface area contributed by atoms with Crippen molar-refractivity contribution in [3.8, 4) is 6.01 Å². The van der Waals surface area contributed by atoms with Crippen molar-refractivity contribution in [1.29, 1.82) is 0 Å². The van der Waals surface area contributed by atoms with Crippen molar-refractivity contribution in [2.45, 2.75) is 44.3 Å². The molecule has 4 rings (SSSR count). The second-order valence-electron chi connectivity index (χ2n) is 9.20. The molecule has 2 aromatic carbocycles. The number of fused-ring (bicyclic) bond motifs is 2. The fraction of sp³-hybridized carbons (Fsp3) is 0.360. The Morgan fingerprint density at radius 2 is 1.78 bits per heavy atom. The lowest BCUT2D eigenvalue weighted by atomic mass is 10.2. The van der Waals surface area contributed by atoms with E-state index < -0.39 is 20.5 Å². The summed E-state index contributed by atoms with van der Waals surface area (Å²) >= 11 is 1.42. The summed E-state index contributed by atoms with van der Waals surface area (Å²) < 4.78 is 37.6. The van der Waals surface area contributed by atoms with Gasteiger partial charge in [-0.2, -0.15) is 9.97 Å². The van der Waals surface area contributed by atoms with Crippen LogP contribution in [0.2, 0.25) is 0 Å². The lowest BCUT2D eigenvalue weighted by Crippen LogP contribution is -2.28. The highest BCUT2D eigenvalue weighted by molar-refractivity contribution is 7.93. The molecule has 0 aliphatic rings. The van der Waals surface area contributed by atoms with Gasteiger partial charge in [-0.1, -0.05) is 29.5 Å². The molecule has 0 fully saturated rings. The third-order valence-corrected chi connectivity index (χ3v) is 8.91. The zero-order chi connectivity index (χ0) is 26.1. The Hall–Kier alpha value is -3.31. The molecule has 2 heterocycles. The minimum absolute atomic E-state index is 0.00486. The Labute approximate surface area is 213 Å². The molecule has 0 spiro atoms. The Morgan fingerprint density at radius 3 is 2.47 bits per heavy atom. The molecule has 2 aromatic heterocycles. The number of benzene rings is 2. The van der Waals surface area contributed by atoms with E-state index in [4.69, 9.17) is 9.47 Å². The molecule has 0 saturated carbocycles. The van der Waals surface area contributed by atoms with Crippen LogP contribution < -0.4 is 10.1 Å². The van der Waals surface area contributed by atoms with Gasteiger partial charge in [0.25, 0.3) is 0 Å². The SMILES string of the molecule is CCOC(=O)C(C)COc1nc(Nc2nc3ccccc3s2)c2c(S(=O)(=O)C(C)(C)C)cccc2n1. The summed E-state index contributed by atoms with van der Waals surface area (Å²) in [6.07, 6.45) is 0. The maximum atomic E-state index is 13.5. The van der Waals surface area contributed by atoms with E-state index in [1.165, 1.54) is 11.3 Å². The predicted octanol–water partition coefficient (Wildman–Crippen LogP) is 5.13. The molecule has 1 N–H and O–H groups in total. The fourth-order valence-electron chi connectivity index (χ4n) is 3.42. The van der Waals surface area contributed by atoms with Gasteiger partial charge in [-0.05, 0) is 58.9 Å². The van der Waals surface area contributed by atoms with Crippen LogP contribution in [0.5, 0.6) is 6.01 Å². The van der Waals surface area contributed by atoms with Crippen LogP contribution in [-0.2, 0) is 19.4 Å². The number of hydrogen-bond acceptors (Lipinski definition) is 10. The molecule has 0 radical (unpaired) electrons. The zero-order valence-corrected chi connectivity index (χ0v) is 22.4. The van der Waals surface area contributed by atoms with Gasteiger partial charge in [-0.25, -0.2) is 13.4 Å². The largest absolute Gasteiger partial charge is 0.466 e. The number of esters is 1. The van der Waals surface area contributed by atoms with E-state index in [0.29, 0.717) is 16.0 Å². The maximum Gasteiger partial charge on any atom is 0.318 e. The number of rotatable bonds is 8. The van der Waals surface area contributed by atoms with Crippen LogP contribution in [-0.4, -0.2) is 47.3 Å². The first-order chi connectivity index (χ1) is 17.0. The number of aromatic nitrogens is 3. The predicted molar refractivity (Wildman–Crippen MR) is 141 cm³/mol. The van der Waals surface area contributed by atoms with Crippen molar-refractivity contribution < 1.29 is 22.7 Å². The Bertz CT molecular complexity index is 1490. The lowest BCUT2D eigenvalue weighted by Gasteiger charge is -2.21. The topological polar surface area (TPSA) is 120 Å². The molecule has 0 aliphatic carbocycles. The van der Waals surface area contributed by atoms with Crippen molar-refractivity contribution in [1.82, 2.24) is 15.0 Å². The number of carbonyl (C=O) groups excluding carboxylic acids is 1. The van der Waals surface area contributed by atoms with E-state index in [1.807, 2.05) is 24.3 Å². The van der Waals surface area contributed by atoms with Gasteiger partial charge in [0.2, 0.25) is 0 Å². The van der Waals surface area contributed by atoms with Gasteiger partial charge in [-0.3, -0.25) is 4.79 Å². The normalized spacial score (nSPS) is 13.0. The highest BCUT2D eigenvalue weighted by atomic mass is 32.2. The number of sulfone groups is 1. The molecule has 4 aromatic rings. The smallest absolute Gasteiger partial charge is 0.318 e. The summed E-state index contributed by atoms with van der Waals surface area (Å²) in [7, 11) is -3.74. The molecule has 0 saturated heterocycles. The number of nitrogens with one attached hydrogen (secondary N) is 1. The van der Waals surface area contributed by atoms with Crippen LogP contribution in [0.3, 0.4) is 0 Å². The van der Waals surface area contributed by atoms with Crippen molar-refractivity contribution in [2.24, 2.45) is 5.92 Å². The standard InChI is InChI=1S/C25H28N4O5S2/c1-6-33-22(30)15(2)14-34-23-26-17-11-9-13-19(36(31,32)25(3,4)5)20(17)21(28-23)29-24-27-16-10-7-8-12-18(16)35-24/h7-13,15H,6,14H2,1-5H3,(H,26,27,28,29). The van der Waals surface area contributed by atoms with E-state index in [0.717, 1.165) is 10.2 Å². The Morgan fingerprint density at radius 1 is 1.06 bits per heavy atom. The first kappa shape index (κ1) is 25.8. The van der Waals surface area contributed by atoms with E-state index in [2.05, 4.69) is 20.3 Å². The zero-order valence-electron chi connectivity index (χ0n) is 20.7. The number of nitrogens with zero attached hydrogens (tertiary/aromatic N) is 3. The van der Waals surface area contributed by atoms with Gasteiger partial charge in [0, 0.05) is 0 Å². The third-order valence-electron chi connectivity index (χ3n) is 5.43. The molecule has 0 bridgehead atoms. The second-order valence-corrected chi connectivity index (χ2v) is 12.9. The van der Waals surface area contributed by atoms with Crippen LogP contribution >= 0.6 is 11.3 Å². The molecule has 190 valence electrons. The molecule has 9 nitrogen and oxygen atoms in total. The van der Waals surface area contributed by atoms with Gasteiger partial charge < -0.3 is 14.8 Å². The number of anilines is 2. The summed E-state index contributed by atoms with van der Waals surface area (Å²) in [5.41, 5.74) is 1.20. The molecule has 0 amide bonds. The van der Waals surface area contributed by atoms with Gasteiger partial charge in [0.05, 0.1) is 43.3 Å². The number of ether oxygens (including phenoxy) is 2. The van der Waals surface area contributed by atoms with Gasteiger partial charge in [0.15, 0.2) is 15.0 Å². The van der Waals surface area contributed by atoms with Gasteiger partial charge in [-0.15, -0.1) is 0 Å². The van der Waals surface area contributed by atoms with Crippen molar-refractivity contribution in [3.05, 3.63) is 42.5 Å². The quantitative estimate of drug-likeness (QED) is 0.310. The Kier molecular flexibility index (Phi) is 7.14. The van der Waals surface area contributed by atoms with Gasteiger partial charge >= 0.3 is 12.0 Å². The average Bonchev–Trinajstić information content (AvgIpc) is 3.23. The van der Waals surface area contributed by atoms with Crippen molar-refractivity contribution in [3.63, 3.8) is 0 Å². The molecular formula is C25H28N4O5S2. The second kappa shape index (κ2) is 9.98. The number of para-hydroxylation sites is 1. The summed E-state index contributed by atoms with van der Waals surface area (Å²) in [5.74, 6) is -0.663. The minimum Gasteiger partial charge on any atom is -0.466 e. The lowest BCUT2D eigenvalue weighted by molar-refractivity contribution is -0.148. The Balaban J connectivity index is 1.82. The van der Waals surface area contributed by atoms with E-state index in [1.54, 1.807) is 52.8 Å². The molecule has 1 atom stereocenters. The van der Waals surface area contributed by atoms with E-state index >= 15 is 0 Å². The molecule has 0 aliphatic heterocycles. The van der Waals surface area contributed by atoms with Crippen LogP contribution in [0.15, 0.2) is 47.4 Å². The third kappa shape index (κ3) is 5.12. The first-order valence-electron chi connectivity index (χ1n) is 11.5. The van der Waals surface area contributed by atoms with Crippen LogP contribution in [0.4, 0.5) is 10.9 Å². The van der Waals surface area contributed by atoms with Gasteiger partial charge in [0.1, 0.15) is 12.4 Å². The molecule has 36 heavy (non-hydrogen) atoms. The maximum absolute atomic E-state index is 13.5. The molecule has 11 heteroatoms. The van der Waals surface area contributed by atoms with Crippen molar-refractivity contribution >= 4 is 59.2 Å². The fourth-order valence-corrected chi connectivity index (χ4v) is 5.67. The number of hydrogen-bond donors (Lipinski definition) is 1. The first-order valence-corrected chi connectivity index (χ1v) is 13.8. The summed E-state index contributed by atoms with van der Waals surface area (Å²) in [5, 5.41) is 4.08. The van der Waals surface area contributed by atoms with Crippen LogP contribution in [0, 0.1) is 5.92 Å². The van der Waals surface area contributed by atoms with Crippen LogP contribution in [0.1, 0.15) is 34.6 Å². The van der Waals surface area contributed by atoms with Crippen LogP contribution in [0.25, 0.3) is 21.1 Å². The van der Waals surface area contributed by atoms with Crippen molar-refractivity contribution in [2.75, 3.05) is 18.5 Å². The summed E-state index contributed by atoms with van der Waals surface area (Å²) in [6.45, 7) is 8.65. The number of carbonyl (C=O) groups is 1. The number of thiazole rings is 1. The summed E-state index contributed by atoms with van der Waals surface area (Å²) in [6, 6.07) is 12.6. The monoisotopic (exact) mass is 528 g/mol. The van der Waals surface area contributed by atoms with E-state index in [9.17, 15) is 13.2 Å². The van der Waals surface area contributed by atoms with E-state index in [-0.39, 0.29) is 35.9 Å². The minimum atomic E-state index is -3.74. The molecular weight excluding hydrogens is 500 g/mol. The highest BCUT2D eigenvalue weighted by Gasteiger charge is 2.33. The highest BCUT2D eigenvalue weighted by Crippen LogP contribution is 2.37. The average molecular weight is 529 g/mol. The summed E-state index contributed by atoms with van der Waals surface area (Å²) in [4.78, 5) is 25.7. The molecule has 1 unspecified atom stereocenters.